The van der Waals surface area contributed by atoms with Gasteiger partial charge in [0.05, 0.1) is 23.4 Å². The summed E-state index contributed by atoms with van der Waals surface area (Å²) in [6, 6.07) is 14.9. The van der Waals surface area contributed by atoms with Crippen molar-refractivity contribution >= 4 is 23.4 Å². The number of fused-ring (bicyclic) bond motifs is 1. The summed E-state index contributed by atoms with van der Waals surface area (Å²) in [5.41, 5.74) is 9.02. The van der Waals surface area contributed by atoms with Crippen LogP contribution in [0.3, 0.4) is 0 Å². The first-order valence-electron chi connectivity index (χ1n) is 9.96. The zero-order valence-electron chi connectivity index (χ0n) is 16.3. The number of ether oxygens (including phenoxy) is 1. The van der Waals surface area contributed by atoms with Gasteiger partial charge in [0.25, 0.3) is 0 Å². The van der Waals surface area contributed by atoms with Gasteiger partial charge in [0, 0.05) is 29.8 Å². The molecule has 5 rings (SSSR count). The van der Waals surface area contributed by atoms with Gasteiger partial charge >= 0.3 is 6.03 Å². The minimum Gasteiger partial charge on any atom is -0.492 e. The van der Waals surface area contributed by atoms with Crippen LogP contribution in [0, 0.1) is 0 Å². The maximum absolute atomic E-state index is 12.5. The summed E-state index contributed by atoms with van der Waals surface area (Å²) in [5.74, 6) is 1.10. The first-order chi connectivity index (χ1) is 14.5. The summed E-state index contributed by atoms with van der Waals surface area (Å²) in [6.45, 7) is 0.496. The van der Waals surface area contributed by atoms with Gasteiger partial charge in [-0.1, -0.05) is 35.9 Å². The molecule has 154 valence electrons. The van der Waals surface area contributed by atoms with Crippen molar-refractivity contribution in [2.75, 3.05) is 11.9 Å². The van der Waals surface area contributed by atoms with E-state index in [0.717, 1.165) is 29.7 Å². The van der Waals surface area contributed by atoms with Crippen LogP contribution >= 0.6 is 11.6 Å². The van der Waals surface area contributed by atoms with Crippen LogP contribution in [-0.2, 0) is 5.54 Å². The maximum Gasteiger partial charge on any atom is 0.320 e. The fourth-order valence-electron chi connectivity index (χ4n) is 3.75. The average Bonchev–Trinajstić information content (AvgIpc) is 3.33. The minimum absolute atomic E-state index is 0.152. The Kier molecular flexibility index (Phi) is 4.64. The second-order valence-corrected chi connectivity index (χ2v) is 8.20. The molecule has 4 N–H and O–H groups in total. The number of nitrogens with zero attached hydrogens (tertiary/aromatic N) is 2. The molecule has 1 aliphatic carbocycles. The van der Waals surface area contributed by atoms with Gasteiger partial charge in [-0.15, -0.1) is 5.10 Å². The Bertz CT molecular complexity index is 1090. The summed E-state index contributed by atoms with van der Waals surface area (Å²) in [7, 11) is 0. The monoisotopic (exact) mass is 423 g/mol. The van der Waals surface area contributed by atoms with Gasteiger partial charge in [0.15, 0.2) is 5.82 Å². The molecule has 1 aromatic heterocycles. The number of nitrogens with one attached hydrogen (secondary N) is 2. The summed E-state index contributed by atoms with van der Waals surface area (Å²) >= 11 is 6.20. The molecule has 0 bridgehead atoms. The zero-order chi connectivity index (χ0) is 20.7. The average molecular weight is 424 g/mol. The van der Waals surface area contributed by atoms with Crippen molar-refractivity contribution < 1.29 is 9.53 Å². The highest BCUT2D eigenvalue weighted by Gasteiger charge is 2.39. The van der Waals surface area contributed by atoms with E-state index in [1.165, 1.54) is 0 Å². The Morgan fingerprint density at radius 2 is 2.00 bits per heavy atom. The topological polar surface area (TPSA) is 94.2 Å². The van der Waals surface area contributed by atoms with E-state index in [1.807, 2.05) is 42.6 Å². The van der Waals surface area contributed by atoms with Crippen LogP contribution in [0.15, 0.2) is 54.7 Å². The van der Waals surface area contributed by atoms with Gasteiger partial charge in [-0.3, -0.25) is 5.32 Å². The number of anilines is 1. The number of amides is 2. The van der Waals surface area contributed by atoms with Crippen molar-refractivity contribution in [1.29, 1.82) is 0 Å². The number of benzene rings is 2. The fraction of sp³-hybridized carbons (Fsp3) is 0.273. The largest absolute Gasteiger partial charge is 0.492 e. The summed E-state index contributed by atoms with van der Waals surface area (Å²) in [4.78, 5) is 12.5. The van der Waals surface area contributed by atoms with E-state index in [9.17, 15) is 4.79 Å². The smallest absolute Gasteiger partial charge is 0.320 e. The quantitative estimate of drug-likeness (QED) is 0.588. The Morgan fingerprint density at radius 3 is 2.77 bits per heavy atom. The molecule has 0 spiro atoms. The summed E-state index contributed by atoms with van der Waals surface area (Å²) < 4.78 is 7.36. The van der Waals surface area contributed by atoms with Crippen LogP contribution in [-0.4, -0.2) is 22.4 Å². The number of hydrogen-bond donors (Lipinski definition) is 3. The van der Waals surface area contributed by atoms with Gasteiger partial charge in [-0.05, 0) is 36.6 Å². The molecule has 30 heavy (non-hydrogen) atoms. The van der Waals surface area contributed by atoms with Gasteiger partial charge in [0.1, 0.15) is 5.75 Å². The van der Waals surface area contributed by atoms with Crippen LogP contribution < -0.4 is 21.1 Å². The van der Waals surface area contributed by atoms with E-state index >= 15 is 0 Å². The molecule has 3 aromatic rings. The van der Waals surface area contributed by atoms with E-state index in [2.05, 4.69) is 15.7 Å². The van der Waals surface area contributed by atoms with E-state index in [0.29, 0.717) is 29.6 Å². The van der Waals surface area contributed by atoms with E-state index in [1.54, 1.807) is 16.8 Å². The molecule has 1 saturated carbocycles. The molecule has 1 fully saturated rings. The molecule has 8 heteroatoms. The Balaban J connectivity index is 1.25. The number of carbonyl (C=O) groups is 1. The normalized spacial score (nSPS) is 18.8. The van der Waals surface area contributed by atoms with Gasteiger partial charge in [-0.2, -0.15) is 0 Å². The Hall–Kier alpha value is -3.03. The van der Waals surface area contributed by atoms with E-state index in [-0.39, 0.29) is 17.6 Å². The zero-order valence-corrected chi connectivity index (χ0v) is 17.0. The lowest BCUT2D eigenvalue weighted by Gasteiger charge is -2.27. The molecule has 7 nitrogen and oxygen atoms in total. The third-order valence-electron chi connectivity index (χ3n) is 5.66. The van der Waals surface area contributed by atoms with Gasteiger partial charge < -0.3 is 15.8 Å². The number of rotatable bonds is 4. The maximum atomic E-state index is 12.5. The summed E-state index contributed by atoms with van der Waals surface area (Å²) in [5, 5.41) is 10.8. The third-order valence-corrected chi connectivity index (χ3v) is 5.95. The number of para-hydroxylation sites is 1. The molecule has 0 saturated heterocycles. The van der Waals surface area contributed by atoms with Crippen molar-refractivity contribution in [3.63, 3.8) is 0 Å². The number of urea groups is 1. The third kappa shape index (κ3) is 3.62. The van der Waals surface area contributed by atoms with Crippen molar-refractivity contribution in [2.45, 2.75) is 30.8 Å². The number of hydrogen-bond acceptors (Lipinski definition) is 4. The van der Waals surface area contributed by atoms with Crippen LogP contribution in [0.25, 0.3) is 5.69 Å². The number of carbonyl (C=O) groups excluding carboxylic acids is 1. The lowest BCUT2D eigenvalue weighted by atomic mass is 10.0. The van der Waals surface area contributed by atoms with Gasteiger partial charge in [0.2, 0.25) is 0 Å². The molecule has 1 aliphatic heterocycles. The Morgan fingerprint density at radius 1 is 1.20 bits per heavy atom. The van der Waals surface area contributed by atoms with Gasteiger partial charge in [-0.25, -0.2) is 9.48 Å². The number of nitrogens with two attached hydrogens (primary N) is 1. The highest BCUT2D eigenvalue weighted by atomic mass is 35.5. The summed E-state index contributed by atoms with van der Waals surface area (Å²) in [6.07, 6.45) is 4.54. The second kappa shape index (κ2) is 7.34. The molecule has 1 atom stereocenters. The lowest BCUT2D eigenvalue weighted by Crippen LogP contribution is -2.35. The molecule has 2 heterocycles. The predicted molar refractivity (Wildman–Crippen MR) is 115 cm³/mol. The van der Waals surface area contributed by atoms with Crippen molar-refractivity contribution in [3.05, 3.63) is 70.9 Å². The van der Waals surface area contributed by atoms with E-state index in [4.69, 9.17) is 22.1 Å². The van der Waals surface area contributed by atoms with Crippen molar-refractivity contribution in [2.24, 2.45) is 5.73 Å². The van der Waals surface area contributed by atoms with Crippen LogP contribution in [0.5, 0.6) is 5.75 Å². The predicted octanol–water partition coefficient (Wildman–Crippen LogP) is 4.12. The van der Waals surface area contributed by atoms with Crippen molar-refractivity contribution in [1.82, 2.24) is 15.1 Å². The molecule has 2 aliphatic rings. The fourth-order valence-corrected chi connectivity index (χ4v) is 3.99. The molecule has 0 radical (unpaired) electrons. The highest BCUT2D eigenvalue weighted by molar-refractivity contribution is 6.32. The molecule has 0 unspecified atom stereocenters. The SMILES string of the molecule is NC1(c2ccc(-n3ccc(NC(=O)N[C@H]4CCOc5c(Cl)cccc54)n3)cc2)CC1. The first kappa shape index (κ1) is 19.0. The number of aromatic nitrogens is 2. The lowest BCUT2D eigenvalue weighted by molar-refractivity contribution is 0.232. The Labute approximate surface area is 179 Å². The van der Waals surface area contributed by atoms with Crippen LogP contribution in [0.1, 0.15) is 36.4 Å². The molecule has 2 aromatic carbocycles. The van der Waals surface area contributed by atoms with Crippen LogP contribution in [0.4, 0.5) is 10.6 Å². The standard InChI is InChI=1S/C22H22ClN5O2/c23-17-3-1-2-16-18(9-13-30-20(16)17)25-21(29)26-19-8-12-28(27-19)15-6-4-14(5-7-15)22(24)10-11-22/h1-8,12,18H,9-11,13,24H2,(H2,25,26,27,29)/t18-/m0/s1. The molecule has 2 amide bonds. The molecular weight excluding hydrogens is 402 g/mol. The first-order valence-corrected chi connectivity index (χ1v) is 10.3. The van der Waals surface area contributed by atoms with Crippen molar-refractivity contribution in [3.8, 4) is 11.4 Å². The van der Waals surface area contributed by atoms with E-state index < -0.39 is 0 Å². The highest BCUT2D eigenvalue weighted by Crippen LogP contribution is 2.42. The second-order valence-electron chi connectivity index (χ2n) is 7.79. The minimum atomic E-state index is -0.327. The molecular formula is C22H22ClN5O2. The van der Waals surface area contributed by atoms with Crippen LogP contribution in [0.2, 0.25) is 5.02 Å². The number of halogens is 1.